The van der Waals surface area contributed by atoms with E-state index in [2.05, 4.69) is 30.7 Å². The highest BCUT2D eigenvalue weighted by Crippen LogP contribution is 2.09. The number of hydrogen-bond acceptors (Lipinski definition) is 8. The number of aliphatic hydroxyl groups is 1. The van der Waals surface area contributed by atoms with E-state index in [9.17, 15) is 0 Å². The lowest BCUT2D eigenvalue weighted by molar-refractivity contribution is 0.229. The Hall–Kier alpha value is -2.26. The highest BCUT2D eigenvalue weighted by Gasteiger charge is 2.07. The molecule has 5 N–H and O–H groups in total. The minimum Gasteiger partial charge on any atom is -0.396 e. The highest BCUT2D eigenvalue weighted by atomic mass is 16.3. The fraction of sp³-hybridized carbons (Fsp3) is 0.500. The zero-order valence-electron chi connectivity index (χ0n) is 11.9. The van der Waals surface area contributed by atoms with Gasteiger partial charge < -0.3 is 10.4 Å². The van der Waals surface area contributed by atoms with E-state index in [0.29, 0.717) is 24.4 Å². The van der Waals surface area contributed by atoms with E-state index in [1.54, 1.807) is 23.3 Å². The Morgan fingerprint density at radius 2 is 2.14 bits per heavy atom. The average molecular weight is 292 g/mol. The number of anilines is 2. The summed E-state index contributed by atoms with van der Waals surface area (Å²) in [5, 5.41) is 12.1. The number of imidazole rings is 1. The van der Waals surface area contributed by atoms with Crippen molar-refractivity contribution >= 4 is 11.9 Å². The largest absolute Gasteiger partial charge is 0.396 e. The van der Waals surface area contributed by atoms with Crippen molar-refractivity contribution in [1.82, 2.24) is 24.5 Å². The van der Waals surface area contributed by atoms with Gasteiger partial charge in [0.15, 0.2) is 0 Å². The molecule has 0 aliphatic carbocycles. The molecule has 0 amide bonds. The van der Waals surface area contributed by atoms with E-state index < -0.39 is 0 Å². The molecule has 0 saturated carbocycles. The van der Waals surface area contributed by atoms with Gasteiger partial charge in [0.2, 0.25) is 17.8 Å². The van der Waals surface area contributed by atoms with Crippen LogP contribution < -0.4 is 16.6 Å². The molecule has 0 aliphatic rings. The molecule has 0 bridgehead atoms. The van der Waals surface area contributed by atoms with Crippen LogP contribution in [0.4, 0.5) is 11.9 Å². The maximum absolute atomic E-state index is 8.98. The predicted molar refractivity (Wildman–Crippen MR) is 78.7 cm³/mol. The Morgan fingerprint density at radius 3 is 2.81 bits per heavy atom. The molecular weight excluding hydrogens is 272 g/mol. The lowest BCUT2D eigenvalue weighted by Crippen LogP contribution is -2.16. The van der Waals surface area contributed by atoms with E-state index in [0.717, 1.165) is 12.8 Å². The summed E-state index contributed by atoms with van der Waals surface area (Å²) >= 11 is 0. The number of nitrogens with two attached hydrogens (primary N) is 1. The minimum atomic E-state index is 0.206. The van der Waals surface area contributed by atoms with Crippen LogP contribution in [0.2, 0.25) is 0 Å². The Morgan fingerprint density at radius 1 is 1.33 bits per heavy atom. The fourth-order valence-electron chi connectivity index (χ4n) is 1.74. The Labute approximate surface area is 122 Å². The minimum absolute atomic E-state index is 0.206. The number of aliphatic hydroxyl groups excluding tert-OH is 1. The lowest BCUT2D eigenvalue weighted by atomic mass is 10.1. The number of nitrogens with one attached hydrogen (secondary N) is 2. The molecule has 2 aromatic heterocycles. The maximum atomic E-state index is 8.98. The molecule has 2 heterocycles. The summed E-state index contributed by atoms with van der Waals surface area (Å²) in [6.45, 7) is 2.93. The molecule has 9 nitrogen and oxygen atoms in total. The molecule has 114 valence electrons. The quantitative estimate of drug-likeness (QED) is 0.308. The number of nitrogens with zero attached hydrogens (tertiary/aromatic N) is 5. The predicted octanol–water partition coefficient (Wildman–Crippen LogP) is 0.163. The summed E-state index contributed by atoms with van der Waals surface area (Å²) < 4.78 is 1.67. The number of hydrazine groups is 1. The van der Waals surface area contributed by atoms with Crippen molar-refractivity contribution in [2.24, 2.45) is 11.8 Å². The molecule has 21 heavy (non-hydrogen) atoms. The third-order valence-corrected chi connectivity index (χ3v) is 2.96. The zero-order chi connectivity index (χ0) is 15.1. The standard InChI is InChI=1S/C12H20N8O/c1-9(7-21)3-2-4-15-10-16-11(19-13)18-12(17-10)20-6-5-14-8-20/h5-6,8-9,21H,2-4,7,13H2,1H3,(H2,15,16,17,18,19). The summed E-state index contributed by atoms with van der Waals surface area (Å²) in [6.07, 6.45) is 6.83. The maximum Gasteiger partial charge on any atom is 0.243 e. The zero-order valence-corrected chi connectivity index (χ0v) is 11.9. The van der Waals surface area contributed by atoms with E-state index in [4.69, 9.17) is 10.9 Å². The third kappa shape index (κ3) is 4.36. The van der Waals surface area contributed by atoms with Gasteiger partial charge in [-0.05, 0) is 18.8 Å². The molecular formula is C12H20N8O. The van der Waals surface area contributed by atoms with Crippen LogP contribution in [-0.4, -0.2) is 42.8 Å². The van der Waals surface area contributed by atoms with Crippen LogP contribution in [0.1, 0.15) is 19.8 Å². The SMILES string of the molecule is CC(CO)CCCNc1nc(NN)nc(-n2ccnc2)n1. The summed E-state index contributed by atoms with van der Waals surface area (Å²) in [6, 6.07) is 0. The molecule has 0 aromatic carbocycles. The molecule has 2 aromatic rings. The van der Waals surface area contributed by atoms with Gasteiger partial charge in [-0.15, -0.1) is 0 Å². The van der Waals surface area contributed by atoms with Gasteiger partial charge in [-0.3, -0.25) is 9.99 Å². The van der Waals surface area contributed by atoms with Crippen molar-refractivity contribution < 1.29 is 5.11 Å². The molecule has 0 spiro atoms. The molecule has 1 unspecified atom stereocenters. The first-order chi connectivity index (χ1) is 10.2. The van der Waals surface area contributed by atoms with Crippen LogP contribution in [0.25, 0.3) is 5.95 Å². The summed E-state index contributed by atoms with van der Waals surface area (Å²) in [7, 11) is 0. The lowest BCUT2D eigenvalue weighted by Gasteiger charge is -2.10. The van der Waals surface area contributed by atoms with E-state index in [1.807, 2.05) is 6.92 Å². The summed E-state index contributed by atoms with van der Waals surface area (Å²) in [4.78, 5) is 16.6. The highest BCUT2D eigenvalue weighted by molar-refractivity contribution is 5.37. The summed E-state index contributed by atoms with van der Waals surface area (Å²) in [5.41, 5.74) is 2.42. The number of aromatic nitrogens is 5. The molecule has 0 radical (unpaired) electrons. The van der Waals surface area contributed by atoms with Gasteiger partial charge in [0, 0.05) is 25.5 Å². The van der Waals surface area contributed by atoms with Gasteiger partial charge in [0.05, 0.1) is 0 Å². The smallest absolute Gasteiger partial charge is 0.243 e. The van der Waals surface area contributed by atoms with Gasteiger partial charge in [-0.25, -0.2) is 10.8 Å². The van der Waals surface area contributed by atoms with E-state index in [-0.39, 0.29) is 12.6 Å². The Kier molecular flexibility index (Phi) is 5.41. The average Bonchev–Trinajstić information content (AvgIpc) is 3.05. The fourth-order valence-corrected chi connectivity index (χ4v) is 1.74. The molecule has 9 heteroatoms. The van der Waals surface area contributed by atoms with Gasteiger partial charge >= 0.3 is 0 Å². The first-order valence-corrected chi connectivity index (χ1v) is 6.78. The third-order valence-electron chi connectivity index (χ3n) is 2.96. The van der Waals surface area contributed by atoms with E-state index in [1.165, 1.54) is 0 Å². The van der Waals surface area contributed by atoms with Crippen molar-refractivity contribution in [3.63, 3.8) is 0 Å². The van der Waals surface area contributed by atoms with Crippen molar-refractivity contribution in [1.29, 1.82) is 0 Å². The summed E-state index contributed by atoms with van der Waals surface area (Å²) in [5.74, 6) is 6.82. The normalized spacial score (nSPS) is 12.1. The van der Waals surface area contributed by atoms with Gasteiger partial charge in [-0.1, -0.05) is 6.92 Å². The Bertz CT molecular complexity index is 544. The van der Waals surface area contributed by atoms with Crippen LogP contribution >= 0.6 is 0 Å². The van der Waals surface area contributed by atoms with Gasteiger partial charge in [0.1, 0.15) is 6.33 Å². The topological polar surface area (TPSA) is 127 Å². The van der Waals surface area contributed by atoms with Gasteiger partial charge in [-0.2, -0.15) is 15.0 Å². The van der Waals surface area contributed by atoms with Crippen molar-refractivity contribution in [2.75, 3.05) is 23.9 Å². The molecule has 0 fully saturated rings. The molecule has 1 atom stereocenters. The van der Waals surface area contributed by atoms with Crippen LogP contribution in [0, 0.1) is 5.92 Å². The van der Waals surface area contributed by atoms with Crippen LogP contribution in [0.3, 0.4) is 0 Å². The second-order valence-electron chi connectivity index (χ2n) is 4.75. The molecule has 0 aliphatic heterocycles. The molecule has 0 saturated heterocycles. The monoisotopic (exact) mass is 292 g/mol. The van der Waals surface area contributed by atoms with Gasteiger partial charge in [0.25, 0.3) is 0 Å². The second-order valence-corrected chi connectivity index (χ2v) is 4.75. The molecule has 2 rings (SSSR count). The number of rotatable bonds is 8. The van der Waals surface area contributed by atoms with Crippen molar-refractivity contribution in [3.8, 4) is 5.95 Å². The van der Waals surface area contributed by atoms with Crippen LogP contribution in [0.15, 0.2) is 18.7 Å². The Balaban J connectivity index is 2.00. The van der Waals surface area contributed by atoms with E-state index >= 15 is 0 Å². The number of hydrogen-bond donors (Lipinski definition) is 4. The van der Waals surface area contributed by atoms with Crippen LogP contribution in [0.5, 0.6) is 0 Å². The first-order valence-electron chi connectivity index (χ1n) is 6.78. The first kappa shape index (κ1) is 15.1. The van der Waals surface area contributed by atoms with Crippen molar-refractivity contribution in [2.45, 2.75) is 19.8 Å². The van der Waals surface area contributed by atoms with Crippen molar-refractivity contribution in [3.05, 3.63) is 18.7 Å². The van der Waals surface area contributed by atoms with Crippen LogP contribution in [-0.2, 0) is 0 Å². The number of nitrogen functional groups attached to an aromatic ring is 1. The second kappa shape index (κ2) is 7.50.